The van der Waals surface area contributed by atoms with Crippen molar-refractivity contribution in [1.29, 1.82) is 5.26 Å². The third-order valence-electron chi connectivity index (χ3n) is 4.09. The van der Waals surface area contributed by atoms with Crippen LogP contribution in [-0.4, -0.2) is 17.3 Å². The lowest BCUT2D eigenvalue weighted by molar-refractivity contribution is 0.101. The molecule has 0 aliphatic carbocycles. The lowest BCUT2D eigenvalue weighted by Gasteiger charge is -2.08. The molecule has 26 heavy (non-hydrogen) atoms. The van der Waals surface area contributed by atoms with Gasteiger partial charge in [-0.3, -0.25) is 4.79 Å². The summed E-state index contributed by atoms with van der Waals surface area (Å²) < 4.78 is 0. The van der Waals surface area contributed by atoms with Crippen LogP contribution in [0.2, 0.25) is 0 Å². The van der Waals surface area contributed by atoms with E-state index >= 15 is 0 Å². The van der Waals surface area contributed by atoms with Gasteiger partial charge in [0, 0.05) is 29.0 Å². The van der Waals surface area contributed by atoms with Crippen molar-refractivity contribution in [3.05, 3.63) is 69.5 Å². The molecule has 2 aromatic carbocycles. The highest BCUT2D eigenvalue weighted by Gasteiger charge is 2.10. The Morgan fingerprint density at radius 3 is 2.69 bits per heavy atom. The minimum Gasteiger partial charge on any atom is -0.384 e. The fourth-order valence-corrected chi connectivity index (χ4v) is 3.69. The van der Waals surface area contributed by atoms with Crippen molar-refractivity contribution in [2.45, 2.75) is 20.3 Å². The maximum absolute atomic E-state index is 11.5. The monoisotopic (exact) mass is 361 g/mol. The Kier molecular flexibility index (Phi) is 5.45. The van der Waals surface area contributed by atoms with E-state index in [1.165, 1.54) is 11.8 Å². The second-order valence-corrected chi connectivity index (χ2v) is 7.27. The number of carbonyl (C=O) groups is 1. The lowest BCUT2D eigenvalue weighted by Crippen LogP contribution is -2.07. The molecule has 0 bridgehead atoms. The first-order valence-electron chi connectivity index (χ1n) is 8.39. The van der Waals surface area contributed by atoms with Crippen molar-refractivity contribution in [3.63, 3.8) is 0 Å². The molecular formula is C21H19N3OS. The van der Waals surface area contributed by atoms with Gasteiger partial charge in [0.1, 0.15) is 6.07 Å². The van der Waals surface area contributed by atoms with Gasteiger partial charge in [-0.25, -0.2) is 4.98 Å². The van der Waals surface area contributed by atoms with Crippen molar-refractivity contribution in [1.82, 2.24) is 4.98 Å². The van der Waals surface area contributed by atoms with Gasteiger partial charge >= 0.3 is 0 Å². The number of benzene rings is 2. The Bertz CT molecular complexity index is 971. The number of hydrogen-bond acceptors (Lipinski definition) is 5. The molecule has 0 atom stereocenters. The third-order valence-corrected chi connectivity index (χ3v) is 5.12. The Hall–Kier alpha value is -2.97. The van der Waals surface area contributed by atoms with Crippen LogP contribution in [-0.2, 0) is 6.42 Å². The average molecular weight is 361 g/mol. The molecule has 130 valence electrons. The maximum atomic E-state index is 11.5. The second-order valence-electron chi connectivity index (χ2n) is 5.98. The summed E-state index contributed by atoms with van der Waals surface area (Å²) in [6.45, 7) is 4.26. The number of nitrogens with zero attached hydrogens (tertiary/aromatic N) is 2. The number of hydrogen-bond donors (Lipinski definition) is 1. The van der Waals surface area contributed by atoms with E-state index in [1.54, 1.807) is 29.5 Å². The third kappa shape index (κ3) is 3.98. The van der Waals surface area contributed by atoms with Crippen LogP contribution in [0.5, 0.6) is 0 Å². The summed E-state index contributed by atoms with van der Waals surface area (Å²) in [5.74, 6) is -0.0133. The number of nitriles is 1. The van der Waals surface area contributed by atoms with Crippen LogP contribution < -0.4 is 5.32 Å². The molecule has 0 unspecified atom stereocenters. The predicted octanol–water partition coefficient (Wildman–Crippen LogP) is 4.85. The van der Waals surface area contributed by atoms with Gasteiger partial charge in [0.05, 0.1) is 22.0 Å². The number of anilines is 1. The molecule has 0 aliphatic rings. The van der Waals surface area contributed by atoms with Gasteiger partial charge < -0.3 is 5.32 Å². The molecule has 1 N–H and O–H groups in total. The minimum absolute atomic E-state index is 0.0133. The summed E-state index contributed by atoms with van der Waals surface area (Å²) in [5.41, 5.74) is 3.98. The van der Waals surface area contributed by atoms with Crippen LogP contribution in [0, 0.1) is 18.3 Å². The zero-order chi connectivity index (χ0) is 18.5. The van der Waals surface area contributed by atoms with E-state index in [-0.39, 0.29) is 5.78 Å². The van der Waals surface area contributed by atoms with E-state index in [4.69, 9.17) is 4.98 Å². The van der Waals surface area contributed by atoms with E-state index in [9.17, 15) is 10.1 Å². The molecular weight excluding hydrogens is 342 g/mol. The minimum atomic E-state index is -0.0133. The van der Waals surface area contributed by atoms with Gasteiger partial charge in [-0.15, -0.1) is 11.3 Å². The van der Waals surface area contributed by atoms with Crippen molar-refractivity contribution < 1.29 is 4.79 Å². The van der Waals surface area contributed by atoms with Crippen LogP contribution in [0.1, 0.15) is 32.7 Å². The molecule has 0 spiro atoms. The number of nitrogens with one attached hydrogen (secondary N) is 1. The predicted molar refractivity (Wildman–Crippen MR) is 106 cm³/mol. The number of aryl methyl sites for hydroxylation is 1. The summed E-state index contributed by atoms with van der Waals surface area (Å²) in [4.78, 5) is 17.5. The van der Waals surface area contributed by atoms with Crippen molar-refractivity contribution in [2.24, 2.45) is 0 Å². The molecule has 1 heterocycles. The molecule has 0 saturated carbocycles. The van der Waals surface area contributed by atoms with Crippen LogP contribution in [0.3, 0.4) is 0 Å². The van der Waals surface area contributed by atoms with E-state index in [1.807, 2.05) is 18.2 Å². The Labute approximate surface area is 157 Å². The summed E-state index contributed by atoms with van der Waals surface area (Å²) >= 11 is 1.69. The Morgan fingerprint density at radius 1 is 1.23 bits per heavy atom. The van der Waals surface area contributed by atoms with Gasteiger partial charge in [-0.1, -0.05) is 30.3 Å². The lowest BCUT2D eigenvalue weighted by atomic mass is 10.1. The summed E-state index contributed by atoms with van der Waals surface area (Å²) in [7, 11) is 0. The van der Waals surface area contributed by atoms with E-state index in [2.05, 4.69) is 30.4 Å². The van der Waals surface area contributed by atoms with Crippen LogP contribution in [0.4, 0.5) is 5.69 Å². The SMILES string of the molecule is CC(=O)c1ccc(C#N)c(NCCc2nc(-c3ccccc3)c(C)s2)c1. The largest absolute Gasteiger partial charge is 0.384 e. The smallest absolute Gasteiger partial charge is 0.159 e. The quantitative estimate of drug-likeness (QED) is 0.638. The number of ketones is 1. The van der Waals surface area contributed by atoms with Gasteiger partial charge in [0.25, 0.3) is 0 Å². The molecule has 1 aromatic heterocycles. The summed E-state index contributed by atoms with van der Waals surface area (Å²) in [6, 6.07) is 17.4. The summed E-state index contributed by atoms with van der Waals surface area (Å²) in [5, 5.41) is 13.6. The fraction of sp³-hybridized carbons (Fsp3) is 0.190. The molecule has 0 amide bonds. The highest BCUT2D eigenvalue weighted by molar-refractivity contribution is 7.12. The van der Waals surface area contributed by atoms with Crippen molar-refractivity contribution >= 4 is 22.8 Å². The highest BCUT2D eigenvalue weighted by Crippen LogP contribution is 2.27. The molecule has 3 rings (SSSR count). The van der Waals surface area contributed by atoms with E-state index in [0.29, 0.717) is 23.4 Å². The molecule has 0 fully saturated rings. The Morgan fingerprint density at radius 2 is 2.00 bits per heavy atom. The number of aromatic nitrogens is 1. The van der Waals surface area contributed by atoms with E-state index < -0.39 is 0 Å². The molecule has 0 aliphatic heterocycles. The molecule has 0 radical (unpaired) electrons. The fourth-order valence-electron chi connectivity index (χ4n) is 2.73. The van der Waals surface area contributed by atoms with Crippen LogP contribution in [0.15, 0.2) is 48.5 Å². The first-order chi connectivity index (χ1) is 12.6. The second kappa shape index (κ2) is 7.94. The number of Topliss-reactive ketones (excluding diaryl/α,β-unsaturated/α-hetero) is 1. The zero-order valence-electron chi connectivity index (χ0n) is 14.7. The molecule has 0 saturated heterocycles. The molecule has 3 aromatic rings. The summed E-state index contributed by atoms with van der Waals surface area (Å²) in [6.07, 6.45) is 0.757. The van der Waals surface area contributed by atoms with E-state index in [0.717, 1.165) is 22.7 Å². The maximum Gasteiger partial charge on any atom is 0.159 e. The average Bonchev–Trinajstić information content (AvgIpc) is 3.03. The molecule has 5 heteroatoms. The molecule has 4 nitrogen and oxygen atoms in total. The first kappa shape index (κ1) is 17.8. The standard InChI is InChI=1S/C21H19N3OS/c1-14(25)17-8-9-18(13-22)19(12-17)23-11-10-20-24-21(15(2)26-20)16-6-4-3-5-7-16/h3-9,12,23H,10-11H2,1-2H3. The van der Waals surface area contributed by atoms with Crippen LogP contribution >= 0.6 is 11.3 Å². The number of thiazole rings is 1. The van der Waals surface area contributed by atoms with Crippen molar-refractivity contribution in [2.75, 3.05) is 11.9 Å². The van der Waals surface area contributed by atoms with Gasteiger partial charge in [0.15, 0.2) is 5.78 Å². The van der Waals surface area contributed by atoms with Gasteiger partial charge in [-0.2, -0.15) is 5.26 Å². The first-order valence-corrected chi connectivity index (χ1v) is 9.21. The number of rotatable bonds is 6. The normalized spacial score (nSPS) is 10.3. The number of carbonyl (C=O) groups excluding carboxylic acids is 1. The Balaban J connectivity index is 1.70. The van der Waals surface area contributed by atoms with Gasteiger partial charge in [-0.05, 0) is 32.0 Å². The highest BCUT2D eigenvalue weighted by atomic mass is 32.1. The topological polar surface area (TPSA) is 65.8 Å². The van der Waals surface area contributed by atoms with Crippen LogP contribution in [0.25, 0.3) is 11.3 Å². The van der Waals surface area contributed by atoms with Gasteiger partial charge in [0.2, 0.25) is 0 Å². The van der Waals surface area contributed by atoms with Crippen molar-refractivity contribution in [3.8, 4) is 17.3 Å². The zero-order valence-corrected chi connectivity index (χ0v) is 15.6.